The molecule has 31 heavy (non-hydrogen) atoms. The van der Waals surface area contributed by atoms with Crippen molar-refractivity contribution in [3.8, 4) is 0 Å². The highest BCUT2D eigenvalue weighted by Gasteiger charge is 2.20. The summed E-state index contributed by atoms with van der Waals surface area (Å²) in [6.07, 6.45) is 0. The largest absolute Gasteiger partial charge is 0.422 e. The van der Waals surface area contributed by atoms with Gasteiger partial charge >= 0.3 is 11.3 Å². The second kappa shape index (κ2) is 7.75. The normalized spacial score (nSPS) is 12.4. The van der Waals surface area contributed by atoms with Gasteiger partial charge in [-0.15, -0.1) is 5.11 Å². The Labute approximate surface area is 173 Å². The quantitative estimate of drug-likeness (QED) is 0.136. The second-order valence-electron chi connectivity index (χ2n) is 6.77. The first-order chi connectivity index (χ1) is 14.8. The first-order valence-electron chi connectivity index (χ1n) is 9.14. The van der Waals surface area contributed by atoms with Crippen LogP contribution in [-0.4, -0.2) is 9.85 Å². The molecule has 0 spiro atoms. The molecule has 1 atom stereocenters. The Morgan fingerprint density at radius 3 is 2.45 bits per heavy atom. The zero-order chi connectivity index (χ0) is 22.1. The summed E-state index contributed by atoms with van der Waals surface area (Å²) in [6, 6.07) is 15.2. The van der Waals surface area contributed by atoms with E-state index in [0.717, 1.165) is 34.4 Å². The zero-order valence-electron chi connectivity index (χ0n) is 16.1. The van der Waals surface area contributed by atoms with Gasteiger partial charge in [-0.1, -0.05) is 30.3 Å². The molecule has 3 aromatic carbocycles. The highest BCUT2D eigenvalue weighted by Crippen LogP contribution is 2.33. The molecule has 10 heteroatoms. The number of rotatable bonds is 5. The van der Waals surface area contributed by atoms with E-state index in [1.807, 2.05) is 30.3 Å². The van der Waals surface area contributed by atoms with Gasteiger partial charge in [0.2, 0.25) is 0 Å². The van der Waals surface area contributed by atoms with E-state index in [1.165, 1.54) is 0 Å². The summed E-state index contributed by atoms with van der Waals surface area (Å²) in [5, 5.41) is 32.6. The van der Waals surface area contributed by atoms with Crippen molar-refractivity contribution in [2.75, 3.05) is 0 Å². The minimum atomic E-state index is -0.775. The van der Waals surface area contributed by atoms with Crippen LogP contribution in [0.1, 0.15) is 18.5 Å². The van der Waals surface area contributed by atoms with Crippen LogP contribution in [-0.2, 0) is 0 Å². The van der Waals surface area contributed by atoms with Crippen molar-refractivity contribution in [1.82, 2.24) is 0 Å². The average Bonchev–Trinajstić information content (AvgIpc) is 2.76. The number of nitro benzene ring substituents is 2. The van der Waals surface area contributed by atoms with Gasteiger partial charge in [-0.3, -0.25) is 20.2 Å². The number of hydrogen-bond acceptors (Lipinski definition) is 8. The van der Waals surface area contributed by atoms with Crippen LogP contribution in [0.2, 0.25) is 0 Å². The molecule has 0 radical (unpaired) electrons. The van der Waals surface area contributed by atoms with Gasteiger partial charge in [-0.25, -0.2) is 4.79 Å². The van der Waals surface area contributed by atoms with Gasteiger partial charge in [0.25, 0.3) is 5.69 Å². The molecule has 0 saturated carbocycles. The summed E-state index contributed by atoms with van der Waals surface area (Å²) >= 11 is 0. The van der Waals surface area contributed by atoms with Crippen LogP contribution in [0, 0.1) is 20.2 Å². The summed E-state index contributed by atoms with van der Waals surface area (Å²) in [5.74, 6) is 0. The van der Waals surface area contributed by atoms with E-state index in [9.17, 15) is 25.0 Å². The Hall–Kier alpha value is -4.47. The molecule has 4 aromatic rings. The number of hydrogen-bond donors (Lipinski definition) is 0. The molecule has 0 bridgehead atoms. The van der Waals surface area contributed by atoms with E-state index in [4.69, 9.17) is 4.42 Å². The Balaban J connectivity index is 1.76. The number of benzene rings is 3. The summed E-state index contributed by atoms with van der Waals surface area (Å²) < 4.78 is 5.44. The van der Waals surface area contributed by atoms with Gasteiger partial charge in [0.15, 0.2) is 5.69 Å². The molecule has 0 N–H and O–H groups in total. The average molecular weight is 418 g/mol. The molecule has 1 aromatic heterocycles. The molecule has 10 nitrogen and oxygen atoms in total. The first kappa shape index (κ1) is 19.8. The third-order valence-electron chi connectivity index (χ3n) is 4.82. The lowest BCUT2D eigenvalue weighted by Gasteiger charge is -2.07. The molecule has 154 valence electrons. The molecule has 0 aliphatic rings. The van der Waals surface area contributed by atoms with Crippen molar-refractivity contribution >= 4 is 38.8 Å². The van der Waals surface area contributed by atoms with Crippen molar-refractivity contribution in [3.05, 3.63) is 96.9 Å². The molecule has 0 fully saturated rings. The molecule has 0 saturated heterocycles. The smallest absolute Gasteiger partial charge is 0.341 e. The summed E-state index contributed by atoms with van der Waals surface area (Å²) in [7, 11) is 0. The summed E-state index contributed by atoms with van der Waals surface area (Å²) in [5.41, 5.74) is -1.06. The van der Waals surface area contributed by atoms with Crippen molar-refractivity contribution in [1.29, 1.82) is 0 Å². The van der Waals surface area contributed by atoms with Crippen LogP contribution in [0.5, 0.6) is 0 Å². The predicted molar refractivity (Wildman–Crippen MR) is 113 cm³/mol. The van der Waals surface area contributed by atoms with Gasteiger partial charge in [0.05, 0.1) is 21.5 Å². The molecular weight excluding hydrogens is 404 g/mol. The van der Waals surface area contributed by atoms with Crippen molar-refractivity contribution < 1.29 is 14.3 Å². The van der Waals surface area contributed by atoms with Crippen molar-refractivity contribution in [2.24, 2.45) is 10.2 Å². The Kier molecular flexibility index (Phi) is 4.96. The fourth-order valence-electron chi connectivity index (χ4n) is 3.25. The monoisotopic (exact) mass is 418 g/mol. The topological polar surface area (TPSA) is 141 Å². The van der Waals surface area contributed by atoms with Gasteiger partial charge in [-0.05, 0) is 35.9 Å². The van der Waals surface area contributed by atoms with Gasteiger partial charge in [0.1, 0.15) is 11.6 Å². The molecule has 4 rings (SSSR count). The van der Waals surface area contributed by atoms with Crippen LogP contribution < -0.4 is 5.63 Å². The fraction of sp³-hybridized carbons (Fsp3) is 0.0952. The Bertz CT molecular complexity index is 1440. The zero-order valence-corrected chi connectivity index (χ0v) is 16.1. The lowest BCUT2D eigenvalue weighted by Crippen LogP contribution is -2.09. The maximum absolute atomic E-state index is 12.5. The third-order valence-corrected chi connectivity index (χ3v) is 4.82. The van der Waals surface area contributed by atoms with E-state index >= 15 is 0 Å². The SMILES string of the molecule is CC(N=Nc1ccc([N+](=O)[O-])cc1[N+](=O)[O-])c1cc2c(ccc3ccccc32)oc1=O. The minimum Gasteiger partial charge on any atom is -0.422 e. The molecular formula is C21H14N4O6. The number of nitrogens with zero attached hydrogens (tertiary/aromatic N) is 4. The predicted octanol–water partition coefficient (Wildman–Crippen LogP) is 5.61. The fourth-order valence-corrected chi connectivity index (χ4v) is 3.25. The van der Waals surface area contributed by atoms with Crippen LogP contribution >= 0.6 is 0 Å². The number of non-ortho nitro benzene ring substituents is 1. The highest BCUT2D eigenvalue weighted by molar-refractivity contribution is 6.05. The van der Waals surface area contributed by atoms with E-state index < -0.39 is 32.9 Å². The van der Waals surface area contributed by atoms with E-state index in [-0.39, 0.29) is 11.3 Å². The van der Waals surface area contributed by atoms with Crippen molar-refractivity contribution in [3.63, 3.8) is 0 Å². The van der Waals surface area contributed by atoms with Crippen molar-refractivity contribution in [2.45, 2.75) is 13.0 Å². The van der Waals surface area contributed by atoms with E-state index in [1.54, 1.807) is 19.1 Å². The van der Waals surface area contributed by atoms with Crippen LogP contribution in [0.25, 0.3) is 21.7 Å². The maximum atomic E-state index is 12.5. The van der Waals surface area contributed by atoms with Crippen LogP contribution in [0.15, 0.2) is 80.1 Å². The van der Waals surface area contributed by atoms with Gasteiger partial charge in [-0.2, -0.15) is 5.11 Å². The molecule has 1 unspecified atom stereocenters. The van der Waals surface area contributed by atoms with Gasteiger partial charge < -0.3 is 4.42 Å². The molecule has 1 heterocycles. The van der Waals surface area contributed by atoms with E-state index in [0.29, 0.717) is 5.58 Å². The minimum absolute atomic E-state index is 0.155. The maximum Gasteiger partial charge on any atom is 0.341 e. The number of azo groups is 1. The molecule has 0 aliphatic heterocycles. The third kappa shape index (κ3) is 3.73. The summed E-state index contributed by atoms with van der Waals surface area (Å²) in [6.45, 7) is 1.60. The number of nitro groups is 2. The van der Waals surface area contributed by atoms with Crippen LogP contribution in [0.4, 0.5) is 17.1 Å². The van der Waals surface area contributed by atoms with Crippen LogP contribution in [0.3, 0.4) is 0 Å². The van der Waals surface area contributed by atoms with E-state index in [2.05, 4.69) is 10.2 Å². The lowest BCUT2D eigenvalue weighted by molar-refractivity contribution is -0.393. The summed E-state index contributed by atoms with van der Waals surface area (Å²) in [4.78, 5) is 33.1. The molecule has 0 amide bonds. The molecule has 0 aliphatic carbocycles. The highest BCUT2D eigenvalue weighted by atomic mass is 16.6. The Morgan fingerprint density at radius 1 is 0.935 bits per heavy atom. The lowest BCUT2D eigenvalue weighted by atomic mass is 10.0. The number of fused-ring (bicyclic) bond motifs is 3. The Morgan fingerprint density at radius 2 is 1.71 bits per heavy atom. The second-order valence-corrected chi connectivity index (χ2v) is 6.77. The van der Waals surface area contributed by atoms with Gasteiger partial charge in [0, 0.05) is 11.5 Å². The standard InChI is InChI=1S/C21H14N4O6/c1-12(22-23-18-8-7-14(24(27)28)10-19(18)25(29)30)16-11-17-15-5-3-2-4-13(15)6-9-20(17)31-21(16)26/h2-12H,1H3. The first-order valence-corrected chi connectivity index (χ1v) is 9.14.